The molecule has 0 radical (unpaired) electrons. The summed E-state index contributed by atoms with van der Waals surface area (Å²) in [6.45, 7) is 3.90. The van der Waals surface area contributed by atoms with Gasteiger partial charge in [0.2, 0.25) is 10.0 Å². The number of aromatic nitrogens is 2. The molecule has 0 bridgehead atoms. The van der Waals surface area contributed by atoms with E-state index >= 15 is 0 Å². The number of rotatable bonds is 4. The Balaban J connectivity index is 2.56. The van der Waals surface area contributed by atoms with E-state index in [0.717, 1.165) is 5.82 Å². The highest BCUT2D eigenvalue weighted by atomic mass is 32.2. The van der Waals surface area contributed by atoms with Crippen LogP contribution in [0.2, 0.25) is 0 Å². The predicted molar refractivity (Wildman–Crippen MR) is 73.6 cm³/mol. The third-order valence-corrected chi connectivity index (χ3v) is 4.28. The van der Waals surface area contributed by atoms with Gasteiger partial charge in [-0.2, -0.15) is 0 Å². The molecule has 0 spiro atoms. The van der Waals surface area contributed by atoms with Crippen molar-refractivity contribution in [2.24, 2.45) is 0 Å². The lowest BCUT2D eigenvalue weighted by molar-refractivity contribution is 0.584. The maximum Gasteiger partial charge on any atom is 0.240 e. The number of nitrogens with one attached hydrogen (secondary N) is 1. The number of benzene rings is 1. The van der Waals surface area contributed by atoms with E-state index in [2.05, 4.69) is 9.71 Å². The number of sulfonamides is 1. The molecule has 102 valence electrons. The van der Waals surface area contributed by atoms with Gasteiger partial charge in [0, 0.05) is 18.9 Å². The highest BCUT2D eigenvalue weighted by Crippen LogP contribution is 2.22. The van der Waals surface area contributed by atoms with Crippen molar-refractivity contribution in [3.8, 4) is 5.69 Å². The number of nitrogen functional groups attached to an aromatic ring is 1. The largest absolute Gasteiger partial charge is 0.397 e. The molecular weight excluding hydrogens is 264 g/mol. The van der Waals surface area contributed by atoms with E-state index in [0.29, 0.717) is 17.9 Å². The molecule has 19 heavy (non-hydrogen) atoms. The van der Waals surface area contributed by atoms with Gasteiger partial charge in [0.15, 0.2) is 0 Å². The Morgan fingerprint density at radius 2 is 2.16 bits per heavy atom. The maximum absolute atomic E-state index is 12.0. The lowest BCUT2D eigenvalue weighted by Gasteiger charge is -2.11. The minimum atomic E-state index is -3.49. The molecule has 0 unspecified atom stereocenters. The van der Waals surface area contributed by atoms with Gasteiger partial charge >= 0.3 is 0 Å². The fourth-order valence-electron chi connectivity index (χ4n) is 1.81. The van der Waals surface area contributed by atoms with Gasteiger partial charge in [0.05, 0.1) is 16.3 Å². The van der Waals surface area contributed by atoms with E-state index in [1.807, 2.05) is 6.92 Å². The molecule has 2 aromatic rings. The van der Waals surface area contributed by atoms with Crippen LogP contribution in [0.1, 0.15) is 12.7 Å². The first-order valence-electron chi connectivity index (χ1n) is 5.85. The first-order chi connectivity index (χ1) is 8.95. The van der Waals surface area contributed by atoms with Crippen molar-refractivity contribution in [3.05, 3.63) is 36.4 Å². The van der Waals surface area contributed by atoms with E-state index in [9.17, 15) is 8.42 Å². The van der Waals surface area contributed by atoms with Gasteiger partial charge in [-0.25, -0.2) is 18.1 Å². The average molecular weight is 280 g/mol. The molecule has 2 rings (SSSR count). The highest BCUT2D eigenvalue weighted by Gasteiger charge is 2.15. The van der Waals surface area contributed by atoms with Crippen LogP contribution in [-0.4, -0.2) is 24.5 Å². The summed E-state index contributed by atoms with van der Waals surface area (Å²) < 4.78 is 28.1. The van der Waals surface area contributed by atoms with Gasteiger partial charge in [-0.3, -0.25) is 0 Å². The Hall–Kier alpha value is -1.86. The summed E-state index contributed by atoms with van der Waals surface area (Å²) in [6.07, 6.45) is 3.38. The van der Waals surface area contributed by atoms with Crippen LogP contribution in [0.5, 0.6) is 0 Å². The van der Waals surface area contributed by atoms with Crippen LogP contribution < -0.4 is 10.5 Å². The summed E-state index contributed by atoms with van der Waals surface area (Å²) in [5.74, 6) is 0.740. The SMILES string of the molecule is CCNS(=O)(=O)c1ccc(N)c(-n2ccnc2C)c1. The van der Waals surface area contributed by atoms with Crippen molar-refractivity contribution in [3.63, 3.8) is 0 Å². The molecule has 3 N–H and O–H groups in total. The molecule has 0 atom stereocenters. The monoisotopic (exact) mass is 280 g/mol. The third kappa shape index (κ3) is 2.61. The van der Waals surface area contributed by atoms with E-state index in [1.165, 1.54) is 6.07 Å². The summed E-state index contributed by atoms with van der Waals surface area (Å²) in [5, 5.41) is 0. The Kier molecular flexibility index (Phi) is 3.59. The van der Waals surface area contributed by atoms with Crippen molar-refractivity contribution in [1.82, 2.24) is 14.3 Å². The summed E-state index contributed by atoms with van der Waals surface area (Å²) in [4.78, 5) is 4.29. The zero-order valence-corrected chi connectivity index (χ0v) is 11.6. The number of nitrogens with zero attached hydrogens (tertiary/aromatic N) is 2. The van der Waals surface area contributed by atoms with Gasteiger partial charge in [-0.05, 0) is 25.1 Å². The second kappa shape index (κ2) is 5.02. The van der Waals surface area contributed by atoms with Gasteiger partial charge < -0.3 is 10.3 Å². The van der Waals surface area contributed by atoms with Crippen LogP contribution in [0.3, 0.4) is 0 Å². The standard InChI is InChI=1S/C12H16N4O2S/c1-3-15-19(17,18)10-4-5-11(13)12(8-10)16-7-6-14-9(16)2/h4-8,15H,3,13H2,1-2H3. The Morgan fingerprint density at radius 3 is 2.74 bits per heavy atom. The molecule has 1 heterocycles. The molecule has 0 saturated carbocycles. The molecule has 1 aromatic carbocycles. The van der Waals surface area contributed by atoms with Gasteiger partial charge in [0.1, 0.15) is 5.82 Å². The quantitative estimate of drug-likeness (QED) is 0.819. The number of imidazole rings is 1. The molecule has 0 aliphatic carbocycles. The lowest BCUT2D eigenvalue weighted by Crippen LogP contribution is -2.23. The molecule has 7 heteroatoms. The van der Waals surface area contributed by atoms with Crippen molar-refractivity contribution in [1.29, 1.82) is 0 Å². The smallest absolute Gasteiger partial charge is 0.240 e. The minimum absolute atomic E-state index is 0.187. The van der Waals surface area contributed by atoms with Crippen LogP contribution >= 0.6 is 0 Å². The summed E-state index contributed by atoms with van der Waals surface area (Å²) in [6, 6.07) is 4.62. The van der Waals surface area contributed by atoms with Crippen molar-refractivity contribution < 1.29 is 8.42 Å². The molecular formula is C12H16N4O2S. The van der Waals surface area contributed by atoms with Crippen LogP contribution in [0.25, 0.3) is 5.69 Å². The molecule has 1 aromatic heterocycles. The van der Waals surface area contributed by atoms with Crippen molar-refractivity contribution in [2.45, 2.75) is 18.7 Å². The van der Waals surface area contributed by atoms with Gasteiger partial charge in [-0.1, -0.05) is 6.92 Å². The van der Waals surface area contributed by atoms with Crippen LogP contribution in [0, 0.1) is 6.92 Å². The van der Waals surface area contributed by atoms with Crippen molar-refractivity contribution in [2.75, 3.05) is 12.3 Å². The second-order valence-corrected chi connectivity index (χ2v) is 5.83. The maximum atomic E-state index is 12.0. The van der Waals surface area contributed by atoms with Crippen LogP contribution in [-0.2, 0) is 10.0 Å². The summed E-state index contributed by atoms with van der Waals surface area (Å²) >= 11 is 0. The predicted octanol–water partition coefficient (Wildman–Crippen LogP) is 1.06. The first kappa shape index (κ1) is 13.6. The van der Waals surface area contributed by atoms with E-state index < -0.39 is 10.0 Å². The molecule has 0 amide bonds. The fourth-order valence-corrected chi connectivity index (χ4v) is 2.87. The fraction of sp³-hybridized carbons (Fsp3) is 0.250. The Morgan fingerprint density at radius 1 is 1.42 bits per heavy atom. The number of aryl methyl sites for hydroxylation is 1. The average Bonchev–Trinajstić information content (AvgIpc) is 2.75. The van der Waals surface area contributed by atoms with E-state index in [-0.39, 0.29) is 4.90 Å². The van der Waals surface area contributed by atoms with E-state index in [4.69, 9.17) is 5.73 Å². The normalized spacial score (nSPS) is 11.7. The number of hydrogen-bond acceptors (Lipinski definition) is 4. The Bertz CT molecular complexity index is 692. The van der Waals surface area contributed by atoms with Crippen molar-refractivity contribution >= 4 is 15.7 Å². The lowest BCUT2D eigenvalue weighted by atomic mass is 10.2. The molecule has 0 aliphatic heterocycles. The summed E-state index contributed by atoms with van der Waals surface area (Å²) in [7, 11) is -3.49. The molecule has 0 fully saturated rings. The zero-order chi connectivity index (χ0) is 14.0. The summed E-state index contributed by atoms with van der Waals surface area (Å²) in [5.41, 5.74) is 7.01. The van der Waals surface area contributed by atoms with Crippen LogP contribution in [0.15, 0.2) is 35.5 Å². The third-order valence-electron chi connectivity index (χ3n) is 2.73. The van der Waals surface area contributed by atoms with Gasteiger partial charge in [-0.15, -0.1) is 0 Å². The minimum Gasteiger partial charge on any atom is -0.397 e. The number of nitrogens with two attached hydrogens (primary N) is 1. The first-order valence-corrected chi connectivity index (χ1v) is 7.33. The number of hydrogen-bond donors (Lipinski definition) is 2. The van der Waals surface area contributed by atoms with Gasteiger partial charge in [0.25, 0.3) is 0 Å². The molecule has 6 nitrogen and oxygen atoms in total. The highest BCUT2D eigenvalue weighted by molar-refractivity contribution is 7.89. The topological polar surface area (TPSA) is 90.0 Å². The molecule has 0 aliphatic rings. The Labute approximate surface area is 112 Å². The van der Waals surface area contributed by atoms with Crippen LogP contribution in [0.4, 0.5) is 5.69 Å². The second-order valence-electron chi connectivity index (χ2n) is 4.07. The number of anilines is 1. The van der Waals surface area contributed by atoms with E-state index in [1.54, 1.807) is 36.0 Å². The molecule has 0 saturated heterocycles. The zero-order valence-electron chi connectivity index (χ0n) is 10.8.